The van der Waals surface area contributed by atoms with Gasteiger partial charge in [-0.2, -0.15) is 0 Å². The molecule has 0 amide bonds. The molecule has 3 aromatic rings. The Kier molecular flexibility index (Phi) is 4.50. The summed E-state index contributed by atoms with van der Waals surface area (Å²) < 4.78 is 5.89. The highest BCUT2D eigenvalue weighted by atomic mass is 16.5. The van der Waals surface area contributed by atoms with Gasteiger partial charge in [-0.15, -0.1) is 0 Å². The average molecular weight is 424 g/mol. The summed E-state index contributed by atoms with van der Waals surface area (Å²) in [5, 5.41) is 9.35. The van der Waals surface area contributed by atoms with Crippen molar-refractivity contribution in [1.29, 1.82) is 5.41 Å². The lowest BCUT2D eigenvalue weighted by atomic mass is 9.48. The molecule has 0 aromatic heterocycles. The largest absolute Gasteiger partial charge is 0.496 e. The van der Waals surface area contributed by atoms with Gasteiger partial charge in [0.05, 0.1) is 13.3 Å². The van der Waals surface area contributed by atoms with Gasteiger partial charge in [0.1, 0.15) is 5.75 Å². The van der Waals surface area contributed by atoms with E-state index in [-0.39, 0.29) is 11.2 Å². The number of nitrogens with one attached hydrogen (secondary N) is 1. The Morgan fingerprint density at radius 3 is 2.12 bits per heavy atom. The van der Waals surface area contributed by atoms with Crippen LogP contribution in [0.1, 0.15) is 54.4 Å². The van der Waals surface area contributed by atoms with Gasteiger partial charge in [-0.1, -0.05) is 30.3 Å². The highest BCUT2D eigenvalue weighted by Crippen LogP contribution is 2.62. The molecule has 0 spiro atoms. The fourth-order valence-corrected chi connectivity index (χ4v) is 7.40. The summed E-state index contributed by atoms with van der Waals surface area (Å²) in [6.45, 7) is 0. The first-order chi connectivity index (χ1) is 15.6. The summed E-state index contributed by atoms with van der Waals surface area (Å²) >= 11 is 0. The predicted octanol–water partition coefficient (Wildman–Crippen LogP) is 6.82. The Hall–Kier alpha value is -2.94. The third-order valence-electron chi connectivity index (χ3n) is 8.40. The quantitative estimate of drug-likeness (QED) is 0.362. The second-order valence-electron chi connectivity index (χ2n) is 10.4. The van der Waals surface area contributed by atoms with E-state index < -0.39 is 0 Å². The van der Waals surface area contributed by atoms with E-state index in [0.29, 0.717) is 5.56 Å². The smallest absolute Gasteiger partial charge is 0.203 e. The normalized spacial score (nSPS) is 28.1. The van der Waals surface area contributed by atoms with E-state index in [9.17, 15) is 4.79 Å². The van der Waals surface area contributed by atoms with Crippen LogP contribution >= 0.6 is 0 Å². The van der Waals surface area contributed by atoms with Gasteiger partial charge in [-0.3, -0.25) is 4.79 Å². The van der Waals surface area contributed by atoms with Gasteiger partial charge in [0, 0.05) is 11.1 Å². The van der Waals surface area contributed by atoms with E-state index >= 15 is 0 Å². The number of rotatable bonds is 5. The molecule has 4 bridgehead atoms. The lowest BCUT2D eigenvalue weighted by Gasteiger charge is -2.57. The van der Waals surface area contributed by atoms with Crippen molar-refractivity contribution >= 4 is 22.8 Å². The van der Waals surface area contributed by atoms with E-state index in [2.05, 4.69) is 36.4 Å². The van der Waals surface area contributed by atoms with Crippen molar-refractivity contribution in [2.24, 2.45) is 17.8 Å². The number of ether oxygens (including phenoxy) is 1. The molecule has 4 saturated carbocycles. The first-order valence-electron chi connectivity index (χ1n) is 11.8. The SMILES string of the molecule is COc1ccc(-c2ccc3cc(C(=O)C=N)ccc3c2)cc1C12CC3CC(CC(C3)C1)C2. The second-order valence-corrected chi connectivity index (χ2v) is 10.4. The van der Waals surface area contributed by atoms with Gasteiger partial charge in [0.15, 0.2) is 0 Å². The lowest BCUT2D eigenvalue weighted by molar-refractivity contribution is -0.00613. The molecule has 32 heavy (non-hydrogen) atoms. The Morgan fingerprint density at radius 2 is 1.47 bits per heavy atom. The van der Waals surface area contributed by atoms with Crippen LogP contribution in [0, 0.1) is 23.2 Å². The van der Waals surface area contributed by atoms with Crippen LogP contribution in [-0.2, 0) is 5.41 Å². The molecule has 162 valence electrons. The number of hydrogen-bond acceptors (Lipinski definition) is 3. The maximum atomic E-state index is 11.9. The maximum absolute atomic E-state index is 11.9. The van der Waals surface area contributed by atoms with Gasteiger partial charge in [-0.25, -0.2) is 0 Å². The summed E-state index contributed by atoms with van der Waals surface area (Å²) in [5.74, 6) is 3.48. The summed E-state index contributed by atoms with van der Waals surface area (Å²) in [4.78, 5) is 11.9. The highest BCUT2D eigenvalue weighted by molar-refractivity contribution is 6.34. The van der Waals surface area contributed by atoms with Crippen molar-refractivity contribution < 1.29 is 9.53 Å². The lowest BCUT2D eigenvalue weighted by Crippen LogP contribution is -2.48. The molecule has 0 unspecified atom stereocenters. The van der Waals surface area contributed by atoms with Crippen LogP contribution in [0.25, 0.3) is 21.9 Å². The minimum absolute atomic E-state index is 0.258. The van der Waals surface area contributed by atoms with Gasteiger partial charge < -0.3 is 10.1 Å². The van der Waals surface area contributed by atoms with E-state index in [1.165, 1.54) is 55.2 Å². The first kappa shape index (κ1) is 19.7. The molecule has 0 atom stereocenters. The van der Waals surface area contributed by atoms with E-state index in [0.717, 1.165) is 40.5 Å². The summed E-state index contributed by atoms with van der Waals surface area (Å²) in [6.07, 6.45) is 9.15. The van der Waals surface area contributed by atoms with Crippen molar-refractivity contribution in [3.8, 4) is 16.9 Å². The van der Waals surface area contributed by atoms with Crippen molar-refractivity contribution in [1.82, 2.24) is 0 Å². The molecular weight excluding hydrogens is 394 g/mol. The van der Waals surface area contributed by atoms with E-state index in [4.69, 9.17) is 10.1 Å². The number of carbonyl (C=O) groups is 1. The van der Waals surface area contributed by atoms with Crippen molar-refractivity contribution in [2.75, 3.05) is 7.11 Å². The van der Waals surface area contributed by atoms with Crippen LogP contribution in [-0.4, -0.2) is 19.1 Å². The number of carbonyl (C=O) groups excluding carboxylic acids is 1. The van der Waals surface area contributed by atoms with Crippen molar-refractivity contribution in [2.45, 2.75) is 43.9 Å². The first-order valence-corrected chi connectivity index (χ1v) is 11.8. The molecule has 3 nitrogen and oxygen atoms in total. The van der Waals surface area contributed by atoms with Crippen LogP contribution in [0.5, 0.6) is 5.75 Å². The number of hydrogen-bond donors (Lipinski definition) is 1. The van der Waals surface area contributed by atoms with Crippen molar-refractivity contribution in [3.63, 3.8) is 0 Å². The molecule has 0 saturated heterocycles. The monoisotopic (exact) mass is 423 g/mol. The molecule has 3 aromatic carbocycles. The van der Waals surface area contributed by atoms with Gasteiger partial charge in [0.25, 0.3) is 0 Å². The Balaban J connectivity index is 1.41. The number of ketones is 1. The topological polar surface area (TPSA) is 50.2 Å². The minimum Gasteiger partial charge on any atom is -0.496 e. The van der Waals surface area contributed by atoms with Gasteiger partial charge in [-0.05, 0) is 108 Å². The van der Waals surface area contributed by atoms with Crippen LogP contribution in [0.3, 0.4) is 0 Å². The molecule has 4 aliphatic carbocycles. The Morgan fingerprint density at radius 1 is 0.875 bits per heavy atom. The minimum atomic E-state index is -0.258. The Labute approximate surface area is 189 Å². The fraction of sp³-hybridized carbons (Fsp3) is 0.379. The van der Waals surface area contributed by atoms with Gasteiger partial charge in [0.2, 0.25) is 5.78 Å². The van der Waals surface area contributed by atoms with E-state index in [1.807, 2.05) is 25.3 Å². The molecule has 7 rings (SSSR count). The van der Waals surface area contributed by atoms with Crippen LogP contribution in [0.4, 0.5) is 0 Å². The predicted molar refractivity (Wildman–Crippen MR) is 129 cm³/mol. The van der Waals surface area contributed by atoms with Crippen LogP contribution < -0.4 is 4.74 Å². The molecule has 0 radical (unpaired) electrons. The van der Waals surface area contributed by atoms with E-state index in [1.54, 1.807) is 0 Å². The second kappa shape index (κ2) is 7.30. The van der Waals surface area contributed by atoms with Crippen LogP contribution in [0.2, 0.25) is 0 Å². The van der Waals surface area contributed by atoms with Gasteiger partial charge >= 0.3 is 0 Å². The molecule has 4 fully saturated rings. The zero-order chi connectivity index (χ0) is 21.9. The third-order valence-corrected chi connectivity index (χ3v) is 8.40. The number of benzene rings is 3. The molecule has 3 heteroatoms. The van der Waals surface area contributed by atoms with Crippen LogP contribution in [0.15, 0.2) is 54.6 Å². The summed E-state index contributed by atoms with van der Waals surface area (Å²) in [5.41, 5.74) is 4.70. The average Bonchev–Trinajstić information content (AvgIpc) is 2.81. The summed E-state index contributed by atoms with van der Waals surface area (Å²) in [7, 11) is 1.81. The highest BCUT2D eigenvalue weighted by Gasteiger charge is 2.52. The Bertz CT molecular complexity index is 1210. The summed E-state index contributed by atoms with van der Waals surface area (Å²) in [6, 6.07) is 18.9. The third kappa shape index (κ3) is 3.09. The zero-order valence-corrected chi connectivity index (χ0v) is 18.6. The number of fused-ring (bicyclic) bond motifs is 1. The number of Topliss-reactive ketones (excluding diaryl/α,β-unsaturated/α-hetero) is 1. The zero-order valence-electron chi connectivity index (χ0n) is 18.6. The van der Waals surface area contributed by atoms with Crippen molar-refractivity contribution in [3.05, 3.63) is 65.7 Å². The maximum Gasteiger partial charge on any atom is 0.203 e. The fourth-order valence-electron chi connectivity index (χ4n) is 7.40. The molecule has 4 aliphatic rings. The molecular formula is C29H29NO2. The number of methoxy groups -OCH3 is 1. The molecule has 0 aliphatic heterocycles. The molecule has 1 N–H and O–H groups in total. The standard InChI is InChI=1S/C29H29NO2/c1-32-28-7-6-24(13-26(28)29-14-18-8-19(15-29)10-20(9-18)16-29)22-2-3-23-12-25(27(31)17-30)5-4-21(23)11-22/h2-7,11-13,17-20,30H,8-10,14-16H2,1H3. The molecule has 0 heterocycles.